The first kappa shape index (κ1) is 14.2. The number of aryl methyl sites for hydroxylation is 1. The van der Waals surface area contributed by atoms with Gasteiger partial charge in [-0.15, -0.1) is 5.10 Å². The molecule has 0 aliphatic heterocycles. The van der Waals surface area contributed by atoms with Crippen LogP contribution in [0.15, 0.2) is 30.5 Å². The maximum atomic E-state index is 4.39. The van der Waals surface area contributed by atoms with Gasteiger partial charge in [0.2, 0.25) is 5.95 Å². The van der Waals surface area contributed by atoms with Gasteiger partial charge in [0.05, 0.1) is 6.20 Å². The molecular formula is C15H21N5. The van der Waals surface area contributed by atoms with E-state index in [0.717, 1.165) is 31.7 Å². The average molecular weight is 271 g/mol. The summed E-state index contributed by atoms with van der Waals surface area (Å²) in [6, 6.07) is 8.30. The first-order chi connectivity index (χ1) is 9.79. The molecule has 0 atom stereocenters. The second-order valence-electron chi connectivity index (χ2n) is 4.73. The van der Waals surface area contributed by atoms with Gasteiger partial charge in [-0.05, 0) is 24.5 Å². The Bertz CT molecular complexity index is 541. The number of nitrogens with one attached hydrogen (secondary N) is 2. The first-order valence-corrected chi connectivity index (χ1v) is 7.01. The second-order valence-corrected chi connectivity index (χ2v) is 4.73. The molecule has 0 unspecified atom stereocenters. The van der Waals surface area contributed by atoms with Gasteiger partial charge in [0, 0.05) is 13.1 Å². The Morgan fingerprint density at radius 1 is 1.15 bits per heavy atom. The third-order valence-corrected chi connectivity index (χ3v) is 3.09. The molecule has 2 N–H and O–H groups in total. The smallest absolute Gasteiger partial charge is 0.244 e. The number of hydrogen-bond donors (Lipinski definition) is 2. The van der Waals surface area contributed by atoms with Gasteiger partial charge in [-0.3, -0.25) is 0 Å². The molecule has 2 aromatic rings. The number of anilines is 2. The second kappa shape index (κ2) is 7.43. The van der Waals surface area contributed by atoms with E-state index in [1.54, 1.807) is 6.20 Å². The Balaban J connectivity index is 1.93. The molecule has 0 aliphatic carbocycles. The monoisotopic (exact) mass is 271 g/mol. The highest BCUT2D eigenvalue weighted by Crippen LogP contribution is 2.10. The zero-order valence-electron chi connectivity index (χ0n) is 12.1. The fraction of sp³-hybridized carbons (Fsp3) is 0.400. The molecule has 20 heavy (non-hydrogen) atoms. The van der Waals surface area contributed by atoms with Crippen LogP contribution in [0.1, 0.15) is 30.9 Å². The molecule has 0 amide bonds. The fourth-order valence-electron chi connectivity index (χ4n) is 1.83. The van der Waals surface area contributed by atoms with Crippen LogP contribution in [0.25, 0.3) is 0 Å². The van der Waals surface area contributed by atoms with E-state index < -0.39 is 0 Å². The summed E-state index contributed by atoms with van der Waals surface area (Å²) in [6.45, 7) is 5.87. The van der Waals surface area contributed by atoms with E-state index >= 15 is 0 Å². The molecular weight excluding hydrogens is 250 g/mol. The van der Waals surface area contributed by atoms with Crippen LogP contribution in [-0.4, -0.2) is 21.7 Å². The summed E-state index contributed by atoms with van der Waals surface area (Å²) >= 11 is 0. The topological polar surface area (TPSA) is 62.7 Å². The summed E-state index contributed by atoms with van der Waals surface area (Å²) < 4.78 is 0. The van der Waals surface area contributed by atoms with Crippen molar-refractivity contribution in [2.45, 2.75) is 33.2 Å². The van der Waals surface area contributed by atoms with Crippen LogP contribution in [0.2, 0.25) is 0 Å². The van der Waals surface area contributed by atoms with Crippen LogP contribution in [-0.2, 0) is 6.54 Å². The summed E-state index contributed by atoms with van der Waals surface area (Å²) in [5.74, 6) is 1.32. The van der Waals surface area contributed by atoms with E-state index in [2.05, 4.69) is 51.8 Å². The van der Waals surface area contributed by atoms with Crippen molar-refractivity contribution in [1.82, 2.24) is 15.2 Å². The number of hydrogen-bond acceptors (Lipinski definition) is 5. The largest absolute Gasteiger partial charge is 0.365 e. The lowest BCUT2D eigenvalue weighted by atomic mass is 10.1. The van der Waals surface area contributed by atoms with Gasteiger partial charge in [0.25, 0.3) is 0 Å². The van der Waals surface area contributed by atoms with E-state index in [4.69, 9.17) is 0 Å². The van der Waals surface area contributed by atoms with Crippen LogP contribution in [0, 0.1) is 6.92 Å². The Hall–Kier alpha value is -2.17. The molecule has 5 nitrogen and oxygen atoms in total. The van der Waals surface area contributed by atoms with Crippen molar-refractivity contribution < 1.29 is 0 Å². The van der Waals surface area contributed by atoms with E-state index in [1.165, 1.54) is 11.1 Å². The number of nitrogens with zero attached hydrogens (tertiary/aromatic N) is 3. The molecule has 106 valence electrons. The molecule has 2 rings (SSSR count). The van der Waals surface area contributed by atoms with Gasteiger partial charge in [-0.25, -0.2) is 0 Å². The molecule has 1 heterocycles. The number of rotatable bonds is 7. The Morgan fingerprint density at radius 3 is 2.80 bits per heavy atom. The molecule has 0 saturated heterocycles. The quantitative estimate of drug-likeness (QED) is 0.758. The Kier molecular flexibility index (Phi) is 5.29. The highest BCUT2D eigenvalue weighted by molar-refractivity contribution is 5.38. The minimum Gasteiger partial charge on any atom is -0.365 e. The van der Waals surface area contributed by atoms with Gasteiger partial charge in [-0.1, -0.05) is 37.6 Å². The van der Waals surface area contributed by atoms with Crippen LogP contribution in [0.3, 0.4) is 0 Å². The van der Waals surface area contributed by atoms with E-state index in [9.17, 15) is 0 Å². The van der Waals surface area contributed by atoms with Crippen molar-refractivity contribution in [3.05, 3.63) is 41.6 Å². The summed E-state index contributed by atoms with van der Waals surface area (Å²) in [6.07, 6.45) is 3.89. The molecule has 0 spiro atoms. The van der Waals surface area contributed by atoms with Crippen LogP contribution in [0.4, 0.5) is 11.8 Å². The van der Waals surface area contributed by atoms with E-state index in [0.29, 0.717) is 5.95 Å². The SMILES string of the molecule is CCCCNc1nncc(NCc2ccccc2C)n1. The summed E-state index contributed by atoms with van der Waals surface area (Å²) in [5.41, 5.74) is 2.52. The third kappa shape index (κ3) is 4.19. The van der Waals surface area contributed by atoms with E-state index in [-0.39, 0.29) is 0 Å². The minimum absolute atomic E-state index is 0.577. The molecule has 0 saturated carbocycles. The van der Waals surface area contributed by atoms with Crippen molar-refractivity contribution in [3.8, 4) is 0 Å². The van der Waals surface area contributed by atoms with Crippen LogP contribution < -0.4 is 10.6 Å². The fourth-order valence-corrected chi connectivity index (χ4v) is 1.83. The van der Waals surface area contributed by atoms with Gasteiger partial charge in [-0.2, -0.15) is 10.1 Å². The van der Waals surface area contributed by atoms with Crippen molar-refractivity contribution >= 4 is 11.8 Å². The van der Waals surface area contributed by atoms with E-state index in [1.807, 2.05) is 12.1 Å². The molecule has 0 fully saturated rings. The maximum Gasteiger partial charge on any atom is 0.244 e. The number of benzene rings is 1. The summed E-state index contributed by atoms with van der Waals surface area (Å²) in [4.78, 5) is 4.39. The molecule has 5 heteroatoms. The zero-order valence-corrected chi connectivity index (χ0v) is 12.1. The zero-order chi connectivity index (χ0) is 14.2. The lowest BCUT2D eigenvalue weighted by Gasteiger charge is -2.09. The molecule has 0 aliphatic rings. The van der Waals surface area contributed by atoms with Crippen molar-refractivity contribution in [3.63, 3.8) is 0 Å². The highest BCUT2D eigenvalue weighted by Gasteiger charge is 2.01. The molecule has 1 aromatic heterocycles. The van der Waals surface area contributed by atoms with Gasteiger partial charge in [0.15, 0.2) is 5.82 Å². The lowest BCUT2D eigenvalue weighted by molar-refractivity contribution is 0.819. The van der Waals surface area contributed by atoms with Crippen LogP contribution in [0.5, 0.6) is 0 Å². The Labute approximate surface area is 119 Å². The lowest BCUT2D eigenvalue weighted by Crippen LogP contribution is -2.09. The first-order valence-electron chi connectivity index (χ1n) is 7.01. The van der Waals surface area contributed by atoms with Crippen LogP contribution >= 0.6 is 0 Å². The summed E-state index contributed by atoms with van der Waals surface area (Å²) in [7, 11) is 0. The molecule has 0 radical (unpaired) electrons. The third-order valence-electron chi connectivity index (χ3n) is 3.09. The number of aromatic nitrogens is 3. The predicted octanol–water partition coefficient (Wildman–Crippen LogP) is 3.00. The molecule has 1 aromatic carbocycles. The maximum absolute atomic E-state index is 4.39. The van der Waals surface area contributed by atoms with Crippen molar-refractivity contribution in [2.24, 2.45) is 0 Å². The molecule has 0 bridgehead atoms. The van der Waals surface area contributed by atoms with Gasteiger partial charge < -0.3 is 10.6 Å². The highest BCUT2D eigenvalue weighted by atomic mass is 15.3. The predicted molar refractivity (Wildman–Crippen MR) is 81.7 cm³/mol. The minimum atomic E-state index is 0.577. The normalized spacial score (nSPS) is 10.3. The standard InChI is InChI=1S/C15H21N5/c1-3-4-9-16-15-19-14(11-18-20-15)17-10-13-8-6-5-7-12(13)2/h5-8,11H,3-4,9-10H2,1-2H3,(H2,16,17,19,20). The average Bonchev–Trinajstić information content (AvgIpc) is 2.47. The number of unbranched alkanes of at least 4 members (excludes halogenated alkanes) is 1. The van der Waals surface area contributed by atoms with Gasteiger partial charge >= 0.3 is 0 Å². The van der Waals surface area contributed by atoms with Crippen molar-refractivity contribution in [1.29, 1.82) is 0 Å². The summed E-state index contributed by atoms with van der Waals surface area (Å²) in [5, 5.41) is 14.4. The Morgan fingerprint density at radius 2 is 2.00 bits per heavy atom. The van der Waals surface area contributed by atoms with Gasteiger partial charge in [0.1, 0.15) is 0 Å². The van der Waals surface area contributed by atoms with Crippen molar-refractivity contribution in [2.75, 3.05) is 17.2 Å².